The van der Waals surface area contributed by atoms with Gasteiger partial charge in [0.05, 0.1) is 18.3 Å². The molecule has 2 aliphatic heterocycles. The van der Waals surface area contributed by atoms with E-state index in [0.717, 1.165) is 31.6 Å². The summed E-state index contributed by atoms with van der Waals surface area (Å²) in [6.45, 7) is 8.35. The highest BCUT2D eigenvalue weighted by molar-refractivity contribution is 14.1. The largest absolute Gasteiger partial charge is 0.356 e. The van der Waals surface area contributed by atoms with E-state index in [-0.39, 0.29) is 18.5 Å². The van der Waals surface area contributed by atoms with Crippen LogP contribution < -0.4 is 0 Å². The summed E-state index contributed by atoms with van der Waals surface area (Å²) >= 11 is 2.65. The molecule has 1 aliphatic carbocycles. The number of hydrogen-bond acceptors (Lipinski definition) is 4. The van der Waals surface area contributed by atoms with Crippen LogP contribution in [0.5, 0.6) is 0 Å². The highest BCUT2D eigenvalue weighted by Crippen LogP contribution is 2.51. The van der Waals surface area contributed by atoms with Gasteiger partial charge >= 0.3 is 0 Å². The third-order valence-electron chi connectivity index (χ3n) is 7.82. The number of allylic oxidation sites excluding steroid dienone is 4. The van der Waals surface area contributed by atoms with Gasteiger partial charge in [0.25, 0.3) is 0 Å². The number of methoxy groups -OCH3 is 1. The van der Waals surface area contributed by atoms with Gasteiger partial charge in [-0.1, -0.05) is 66.2 Å². The lowest BCUT2D eigenvalue weighted by atomic mass is 9.66. The quantitative estimate of drug-likeness (QED) is 0.104. The summed E-state index contributed by atoms with van der Waals surface area (Å²) in [4.78, 5) is 0. The van der Waals surface area contributed by atoms with E-state index in [1.54, 1.807) is 7.11 Å². The summed E-state index contributed by atoms with van der Waals surface area (Å²) in [5.74, 6) is 1.41. The van der Waals surface area contributed by atoms with Crippen LogP contribution >= 0.6 is 22.6 Å². The average molecular weight is 575 g/mol. The monoisotopic (exact) mass is 574 g/mol. The van der Waals surface area contributed by atoms with Crippen LogP contribution in [0.15, 0.2) is 24.3 Å². The Morgan fingerprint density at radius 2 is 1.67 bits per heavy atom. The van der Waals surface area contributed by atoms with Crippen LogP contribution in [0.1, 0.15) is 91.9 Å². The molecule has 0 aromatic carbocycles. The summed E-state index contributed by atoms with van der Waals surface area (Å²) in [6.07, 6.45) is 21.3. The van der Waals surface area contributed by atoms with E-state index in [4.69, 9.17) is 18.9 Å². The summed E-state index contributed by atoms with van der Waals surface area (Å²) in [5.41, 5.74) is 0. The third-order valence-corrected chi connectivity index (χ3v) is 9.04. The topological polar surface area (TPSA) is 36.9 Å². The Morgan fingerprint density at radius 3 is 2.39 bits per heavy atom. The van der Waals surface area contributed by atoms with Gasteiger partial charge in [-0.2, -0.15) is 0 Å². The molecule has 8 atom stereocenters. The first-order valence-corrected chi connectivity index (χ1v) is 14.5. The SMILES string of the molecule is C/C=C/CCCCC[C@@H]1C[C@@H](I)[C@@H]2OC(OC)C[C@@H]2[C@H]1CC1OC(C)(C)OC1CC/C=C/C. The van der Waals surface area contributed by atoms with Crippen molar-refractivity contribution in [3.63, 3.8) is 0 Å². The van der Waals surface area contributed by atoms with Gasteiger partial charge in [0.15, 0.2) is 12.1 Å². The molecule has 3 fully saturated rings. The first kappa shape index (κ1) is 27.6. The Bertz CT molecular complexity index is 633. The first-order valence-electron chi connectivity index (χ1n) is 13.3. The van der Waals surface area contributed by atoms with E-state index in [1.165, 1.54) is 38.5 Å². The van der Waals surface area contributed by atoms with E-state index < -0.39 is 5.79 Å². The minimum atomic E-state index is -0.491. The van der Waals surface area contributed by atoms with E-state index in [0.29, 0.717) is 21.9 Å². The van der Waals surface area contributed by atoms with Gasteiger partial charge < -0.3 is 18.9 Å². The van der Waals surface area contributed by atoms with Gasteiger partial charge in [-0.15, -0.1) is 0 Å². The predicted octanol–water partition coefficient (Wildman–Crippen LogP) is 7.60. The van der Waals surface area contributed by atoms with Crippen molar-refractivity contribution < 1.29 is 18.9 Å². The zero-order valence-corrected chi connectivity index (χ0v) is 23.7. The molecular formula is C28H47IO4. The van der Waals surface area contributed by atoms with Gasteiger partial charge in [-0.25, -0.2) is 0 Å². The standard InChI is InChI=1S/C28H47IO4/c1-6-8-10-11-12-14-15-20-17-23(29)27-22(19-26(30-5)31-27)21(20)18-25-24(16-13-9-7-2)32-28(3,4)33-25/h6-9,20-27H,10-19H2,1-5H3/b8-6+,9-7+/t20-,21+,22-,23-,24?,25?,26?,27-/m1/s1. The van der Waals surface area contributed by atoms with Crippen molar-refractivity contribution in [3.05, 3.63) is 24.3 Å². The Hall–Kier alpha value is 0.0500. The van der Waals surface area contributed by atoms with Crippen LogP contribution in [0.4, 0.5) is 0 Å². The van der Waals surface area contributed by atoms with Gasteiger partial charge in [-0.3, -0.25) is 0 Å². The normalized spacial score (nSPS) is 38.5. The molecule has 3 aliphatic rings. The molecule has 5 heteroatoms. The molecule has 4 nitrogen and oxygen atoms in total. The van der Waals surface area contributed by atoms with Crippen LogP contribution in [0.2, 0.25) is 0 Å². The lowest BCUT2D eigenvalue weighted by Crippen LogP contribution is -2.44. The number of fused-ring (bicyclic) bond motifs is 1. The molecule has 33 heavy (non-hydrogen) atoms. The van der Waals surface area contributed by atoms with Crippen molar-refractivity contribution >= 4 is 22.6 Å². The fourth-order valence-corrected chi connectivity index (χ4v) is 7.68. The van der Waals surface area contributed by atoms with Crippen LogP contribution in [0.3, 0.4) is 0 Å². The minimum Gasteiger partial charge on any atom is -0.356 e. The molecule has 1 saturated carbocycles. The molecule has 0 aromatic rings. The van der Waals surface area contributed by atoms with Crippen molar-refractivity contribution in [2.75, 3.05) is 7.11 Å². The number of halogens is 1. The second kappa shape index (κ2) is 13.4. The van der Waals surface area contributed by atoms with Crippen molar-refractivity contribution in [1.29, 1.82) is 0 Å². The molecule has 0 spiro atoms. The lowest BCUT2D eigenvalue weighted by molar-refractivity contribution is -0.149. The molecule has 0 N–H and O–H groups in total. The molecular weight excluding hydrogens is 527 g/mol. The maximum atomic E-state index is 6.51. The van der Waals surface area contributed by atoms with E-state index in [2.05, 4.69) is 74.6 Å². The second-order valence-corrected chi connectivity index (χ2v) is 12.2. The maximum Gasteiger partial charge on any atom is 0.163 e. The average Bonchev–Trinajstić information content (AvgIpc) is 3.34. The van der Waals surface area contributed by atoms with Crippen LogP contribution in [0.25, 0.3) is 0 Å². The number of hydrogen-bond donors (Lipinski definition) is 0. The fraction of sp³-hybridized carbons (Fsp3) is 0.857. The van der Waals surface area contributed by atoms with Gasteiger partial charge in [0, 0.05) is 17.5 Å². The second-order valence-electron chi connectivity index (χ2n) is 10.6. The van der Waals surface area contributed by atoms with Crippen LogP contribution in [-0.2, 0) is 18.9 Å². The predicted molar refractivity (Wildman–Crippen MR) is 144 cm³/mol. The first-order chi connectivity index (χ1) is 15.9. The minimum absolute atomic E-state index is 0.0537. The summed E-state index contributed by atoms with van der Waals surface area (Å²) in [7, 11) is 1.79. The maximum absolute atomic E-state index is 6.51. The third kappa shape index (κ3) is 7.77. The zero-order chi connectivity index (χ0) is 23.8. The highest BCUT2D eigenvalue weighted by atomic mass is 127. The summed E-state index contributed by atoms with van der Waals surface area (Å²) in [6, 6.07) is 0. The van der Waals surface area contributed by atoms with Gasteiger partial charge in [0.1, 0.15) is 0 Å². The molecule has 3 rings (SSSR count). The number of alkyl halides is 1. The molecule has 0 aromatic heterocycles. The van der Waals surface area contributed by atoms with Crippen LogP contribution in [0, 0.1) is 17.8 Å². The molecule has 2 saturated heterocycles. The molecule has 2 heterocycles. The Morgan fingerprint density at radius 1 is 0.939 bits per heavy atom. The molecule has 0 amide bonds. The van der Waals surface area contributed by atoms with Gasteiger partial charge in [0.2, 0.25) is 0 Å². The summed E-state index contributed by atoms with van der Waals surface area (Å²) < 4.78 is 25.5. The number of rotatable bonds is 12. The Kier molecular flexibility index (Phi) is 11.2. The van der Waals surface area contributed by atoms with Crippen LogP contribution in [-0.4, -0.2) is 41.4 Å². The van der Waals surface area contributed by atoms with E-state index in [9.17, 15) is 0 Å². The van der Waals surface area contributed by atoms with E-state index in [1.807, 2.05) is 0 Å². The highest BCUT2D eigenvalue weighted by Gasteiger charge is 2.52. The smallest absolute Gasteiger partial charge is 0.163 e. The molecule has 0 bridgehead atoms. The Labute approximate surface area is 216 Å². The molecule has 190 valence electrons. The lowest BCUT2D eigenvalue weighted by Gasteiger charge is -2.43. The van der Waals surface area contributed by atoms with Gasteiger partial charge in [-0.05, 0) is 84.0 Å². The van der Waals surface area contributed by atoms with Crippen molar-refractivity contribution in [2.45, 2.75) is 126 Å². The van der Waals surface area contributed by atoms with E-state index >= 15 is 0 Å². The molecule has 0 radical (unpaired) electrons. The summed E-state index contributed by atoms with van der Waals surface area (Å²) in [5, 5.41) is 0. The van der Waals surface area contributed by atoms with Crippen molar-refractivity contribution in [1.82, 2.24) is 0 Å². The van der Waals surface area contributed by atoms with Crippen molar-refractivity contribution in [3.8, 4) is 0 Å². The number of ether oxygens (including phenoxy) is 4. The van der Waals surface area contributed by atoms with Crippen molar-refractivity contribution in [2.24, 2.45) is 17.8 Å². The zero-order valence-electron chi connectivity index (χ0n) is 21.5. The number of unbranched alkanes of at least 4 members (excludes halogenated alkanes) is 3. The Balaban J connectivity index is 1.69. The molecule has 3 unspecified atom stereocenters. The fourth-order valence-electron chi connectivity index (χ4n) is 6.32.